The number of rotatable bonds is 4. The highest BCUT2D eigenvalue weighted by Gasteiger charge is 2.18. The molecule has 3 rings (SSSR count). The second kappa shape index (κ2) is 6.92. The molecule has 21 heavy (non-hydrogen) atoms. The Bertz CT molecular complexity index is 597. The molecule has 1 aliphatic rings. The van der Waals surface area contributed by atoms with E-state index in [-0.39, 0.29) is 0 Å². The number of nitrogens with zero attached hydrogens (tertiary/aromatic N) is 1. The Morgan fingerprint density at radius 3 is 2.90 bits per heavy atom. The van der Waals surface area contributed by atoms with Gasteiger partial charge in [-0.1, -0.05) is 17.7 Å². The van der Waals surface area contributed by atoms with Gasteiger partial charge in [0.2, 0.25) is 0 Å². The predicted molar refractivity (Wildman–Crippen MR) is 84.9 cm³/mol. The first kappa shape index (κ1) is 14.4. The van der Waals surface area contributed by atoms with Gasteiger partial charge in [0.05, 0.1) is 0 Å². The quantitative estimate of drug-likeness (QED) is 0.933. The van der Waals surface area contributed by atoms with Crippen molar-refractivity contribution < 1.29 is 4.74 Å². The third-order valence-electron chi connectivity index (χ3n) is 3.91. The van der Waals surface area contributed by atoms with Crippen molar-refractivity contribution in [3.05, 3.63) is 58.9 Å². The fourth-order valence-electron chi connectivity index (χ4n) is 2.81. The molecule has 0 aliphatic carbocycles. The van der Waals surface area contributed by atoms with Crippen molar-refractivity contribution in [2.75, 3.05) is 13.1 Å². The van der Waals surface area contributed by atoms with Gasteiger partial charge in [0.15, 0.2) is 0 Å². The lowest BCUT2D eigenvalue weighted by atomic mass is 9.88. The molecular formula is C17H19ClN2O. The zero-order valence-corrected chi connectivity index (χ0v) is 12.6. The van der Waals surface area contributed by atoms with E-state index in [0.717, 1.165) is 18.8 Å². The molecule has 2 aromatic rings. The Morgan fingerprint density at radius 2 is 2.10 bits per heavy atom. The molecule has 0 amide bonds. The fourth-order valence-corrected chi connectivity index (χ4v) is 2.99. The van der Waals surface area contributed by atoms with Crippen molar-refractivity contribution in [3.8, 4) is 5.75 Å². The van der Waals surface area contributed by atoms with E-state index >= 15 is 0 Å². The minimum Gasteiger partial charge on any atom is -0.489 e. The standard InChI is InChI=1S/C17H19ClN2O/c18-15-2-1-3-16(10-15)21-12-14-11-20-9-6-17(14)13-4-7-19-8-5-13/h1-3,6,9-11,13,19H,4-5,7-8,12H2. The molecule has 1 saturated heterocycles. The summed E-state index contributed by atoms with van der Waals surface area (Å²) in [6.07, 6.45) is 6.14. The van der Waals surface area contributed by atoms with E-state index in [0.29, 0.717) is 17.5 Å². The second-order valence-corrected chi connectivity index (χ2v) is 5.78. The SMILES string of the molecule is Clc1cccc(OCc2cnccc2C2CCNCC2)c1. The molecule has 0 saturated carbocycles. The number of hydrogen-bond donors (Lipinski definition) is 1. The average molecular weight is 303 g/mol. The van der Waals surface area contributed by atoms with Gasteiger partial charge >= 0.3 is 0 Å². The summed E-state index contributed by atoms with van der Waals surface area (Å²) in [7, 11) is 0. The zero-order valence-electron chi connectivity index (χ0n) is 11.9. The summed E-state index contributed by atoms with van der Waals surface area (Å²) in [6, 6.07) is 9.63. The van der Waals surface area contributed by atoms with Gasteiger partial charge in [-0.05, 0) is 61.7 Å². The summed E-state index contributed by atoms with van der Waals surface area (Å²) in [5.41, 5.74) is 2.54. The topological polar surface area (TPSA) is 34.1 Å². The minimum atomic E-state index is 0.535. The van der Waals surface area contributed by atoms with Crippen LogP contribution in [0.2, 0.25) is 5.02 Å². The average Bonchev–Trinajstić information content (AvgIpc) is 2.54. The van der Waals surface area contributed by atoms with E-state index in [1.54, 1.807) is 0 Å². The molecule has 0 atom stereocenters. The zero-order chi connectivity index (χ0) is 14.5. The van der Waals surface area contributed by atoms with E-state index in [9.17, 15) is 0 Å². The van der Waals surface area contributed by atoms with E-state index in [4.69, 9.17) is 16.3 Å². The van der Waals surface area contributed by atoms with Gasteiger partial charge in [-0.3, -0.25) is 4.98 Å². The summed E-state index contributed by atoms with van der Waals surface area (Å²) in [5.74, 6) is 1.40. The molecule has 1 aromatic heterocycles. The van der Waals surface area contributed by atoms with Gasteiger partial charge in [-0.25, -0.2) is 0 Å². The summed E-state index contributed by atoms with van der Waals surface area (Å²) < 4.78 is 5.86. The van der Waals surface area contributed by atoms with Crippen LogP contribution in [0.25, 0.3) is 0 Å². The molecule has 0 unspecified atom stereocenters. The molecular weight excluding hydrogens is 284 g/mol. The molecule has 110 valence electrons. The first-order chi connectivity index (χ1) is 10.3. The molecule has 1 fully saturated rings. The first-order valence-corrected chi connectivity index (χ1v) is 7.72. The van der Waals surface area contributed by atoms with Crippen LogP contribution < -0.4 is 10.1 Å². The Balaban J connectivity index is 1.73. The normalized spacial score (nSPS) is 15.9. The summed E-state index contributed by atoms with van der Waals surface area (Å²) in [6.45, 7) is 2.70. The highest BCUT2D eigenvalue weighted by molar-refractivity contribution is 6.30. The lowest BCUT2D eigenvalue weighted by Crippen LogP contribution is -2.27. The molecule has 0 bridgehead atoms. The molecule has 1 N–H and O–H groups in total. The molecule has 1 aromatic carbocycles. The smallest absolute Gasteiger partial charge is 0.121 e. The van der Waals surface area contributed by atoms with Gasteiger partial charge in [0.1, 0.15) is 12.4 Å². The van der Waals surface area contributed by atoms with Crippen LogP contribution >= 0.6 is 11.6 Å². The van der Waals surface area contributed by atoms with Crippen molar-refractivity contribution in [1.29, 1.82) is 0 Å². The Hall–Kier alpha value is -1.58. The van der Waals surface area contributed by atoms with E-state index in [1.807, 2.05) is 36.7 Å². The maximum absolute atomic E-state index is 5.98. The lowest BCUT2D eigenvalue weighted by Gasteiger charge is -2.24. The van der Waals surface area contributed by atoms with Gasteiger partial charge in [-0.2, -0.15) is 0 Å². The lowest BCUT2D eigenvalue weighted by molar-refractivity contribution is 0.302. The van der Waals surface area contributed by atoms with E-state index in [2.05, 4.69) is 16.4 Å². The Morgan fingerprint density at radius 1 is 1.24 bits per heavy atom. The molecule has 0 spiro atoms. The van der Waals surface area contributed by atoms with Crippen LogP contribution in [0.3, 0.4) is 0 Å². The van der Waals surface area contributed by atoms with Crippen LogP contribution in [-0.2, 0) is 6.61 Å². The minimum absolute atomic E-state index is 0.535. The fraction of sp³-hybridized carbons (Fsp3) is 0.353. The van der Waals surface area contributed by atoms with Crippen LogP contribution in [0.1, 0.15) is 29.9 Å². The molecule has 0 radical (unpaired) electrons. The highest BCUT2D eigenvalue weighted by Crippen LogP contribution is 2.28. The van der Waals surface area contributed by atoms with E-state index in [1.165, 1.54) is 24.0 Å². The van der Waals surface area contributed by atoms with Crippen LogP contribution in [-0.4, -0.2) is 18.1 Å². The van der Waals surface area contributed by atoms with Crippen molar-refractivity contribution in [3.63, 3.8) is 0 Å². The first-order valence-electron chi connectivity index (χ1n) is 7.35. The van der Waals surface area contributed by atoms with Gasteiger partial charge in [-0.15, -0.1) is 0 Å². The van der Waals surface area contributed by atoms with Crippen molar-refractivity contribution >= 4 is 11.6 Å². The van der Waals surface area contributed by atoms with Crippen LogP contribution in [0.5, 0.6) is 5.75 Å². The van der Waals surface area contributed by atoms with Crippen LogP contribution in [0.4, 0.5) is 0 Å². The number of benzene rings is 1. The number of hydrogen-bond acceptors (Lipinski definition) is 3. The number of piperidine rings is 1. The van der Waals surface area contributed by atoms with Crippen LogP contribution in [0, 0.1) is 0 Å². The number of aromatic nitrogens is 1. The molecule has 4 heteroatoms. The third-order valence-corrected chi connectivity index (χ3v) is 4.15. The Kier molecular flexibility index (Phi) is 4.73. The third kappa shape index (κ3) is 3.74. The maximum Gasteiger partial charge on any atom is 0.121 e. The van der Waals surface area contributed by atoms with Crippen molar-refractivity contribution in [1.82, 2.24) is 10.3 Å². The summed E-state index contributed by atoms with van der Waals surface area (Å²) >= 11 is 5.98. The summed E-state index contributed by atoms with van der Waals surface area (Å²) in [5, 5.41) is 4.10. The number of ether oxygens (including phenoxy) is 1. The predicted octanol–water partition coefficient (Wildman–Crippen LogP) is 3.78. The van der Waals surface area contributed by atoms with Gasteiger partial charge < -0.3 is 10.1 Å². The molecule has 3 nitrogen and oxygen atoms in total. The number of nitrogens with one attached hydrogen (secondary N) is 1. The molecule has 1 aliphatic heterocycles. The molecule has 2 heterocycles. The van der Waals surface area contributed by atoms with Gasteiger partial charge in [0.25, 0.3) is 0 Å². The number of pyridine rings is 1. The monoisotopic (exact) mass is 302 g/mol. The van der Waals surface area contributed by atoms with Gasteiger partial charge in [0, 0.05) is 23.0 Å². The largest absolute Gasteiger partial charge is 0.489 e. The maximum atomic E-state index is 5.98. The highest BCUT2D eigenvalue weighted by atomic mass is 35.5. The summed E-state index contributed by atoms with van der Waals surface area (Å²) in [4.78, 5) is 4.25. The second-order valence-electron chi connectivity index (χ2n) is 5.34. The van der Waals surface area contributed by atoms with Crippen molar-refractivity contribution in [2.45, 2.75) is 25.4 Å². The van der Waals surface area contributed by atoms with Crippen LogP contribution in [0.15, 0.2) is 42.7 Å². The van der Waals surface area contributed by atoms with Crippen molar-refractivity contribution in [2.24, 2.45) is 0 Å². The number of halogens is 1. The Labute approximate surface area is 130 Å². The van der Waals surface area contributed by atoms with E-state index < -0.39 is 0 Å².